The molecule has 0 amide bonds. The van der Waals surface area contributed by atoms with Crippen molar-refractivity contribution in [3.05, 3.63) is 35.6 Å². The maximum Gasteiger partial charge on any atom is 0.204 e. The van der Waals surface area contributed by atoms with Crippen molar-refractivity contribution < 1.29 is 13.6 Å². The molecule has 1 aliphatic rings. The minimum atomic E-state index is 0.0237. The molecule has 22 heavy (non-hydrogen) atoms. The highest BCUT2D eigenvalue weighted by Crippen LogP contribution is 2.50. The Kier molecular flexibility index (Phi) is 3.40. The van der Waals surface area contributed by atoms with Crippen LogP contribution in [0.4, 0.5) is 0 Å². The van der Waals surface area contributed by atoms with Crippen molar-refractivity contribution >= 4 is 27.2 Å². The van der Waals surface area contributed by atoms with Gasteiger partial charge in [0.25, 0.3) is 0 Å². The van der Waals surface area contributed by atoms with Gasteiger partial charge in [-0.3, -0.25) is 0 Å². The van der Waals surface area contributed by atoms with Gasteiger partial charge < -0.3 is 13.6 Å². The van der Waals surface area contributed by atoms with Crippen LogP contribution in [-0.4, -0.2) is 17.1 Å². The van der Waals surface area contributed by atoms with E-state index in [2.05, 4.69) is 40.7 Å². The summed E-state index contributed by atoms with van der Waals surface area (Å²) >= 11 is 0. The van der Waals surface area contributed by atoms with Crippen LogP contribution >= 0.6 is 0 Å². The zero-order valence-electron chi connectivity index (χ0n) is 14.2. The van der Waals surface area contributed by atoms with E-state index in [0.29, 0.717) is 17.1 Å². The fourth-order valence-corrected chi connectivity index (χ4v) is 3.77. The summed E-state index contributed by atoms with van der Waals surface area (Å²) in [6.45, 7) is 11.9. The average molecular weight is 316 g/mol. The van der Waals surface area contributed by atoms with Crippen LogP contribution in [-0.2, 0) is 4.74 Å². The molecule has 1 aliphatic heterocycles. The fourth-order valence-electron chi connectivity index (χ4n) is 3.51. The van der Waals surface area contributed by atoms with E-state index < -0.39 is 0 Å². The first-order valence-corrected chi connectivity index (χ1v) is 8.50. The first kappa shape index (κ1) is 15.2. The summed E-state index contributed by atoms with van der Waals surface area (Å²) in [4.78, 5) is 0. The molecule has 1 aromatic carbocycles. The second kappa shape index (κ2) is 4.91. The van der Waals surface area contributed by atoms with Gasteiger partial charge in [0.05, 0.1) is 6.61 Å². The van der Waals surface area contributed by atoms with E-state index in [1.54, 1.807) is 0 Å². The lowest BCUT2D eigenvalue weighted by molar-refractivity contribution is 0.210. The Labute approximate surface area is 134 Å². The second-order valence-electron chi connectivity index (χ2n) is 7.64. The molecule has 0 N–H and O–H groups in total. The molecule has 3 rings (SSSR count). The minimum absolute atomic E-state index is 0.0237. The van der Waals surface area contributed by atoms with Crippen molar-refractivity contribution in [2.24, 2.45) is 10.8 Å². The molecule has 2 aromatic rings. The van der Waals surface area contributed by atoms with E-state index in [-0.39, 0.29) is 10.8 Å². The Morgan fingerprint density at radius 3 is 2.55 bits per heavy atom. The van der Waals surface area contributed by atoms with Crippen LogP contribution in [0.25, 0.3) is 16.7 Å². The molecule has 118 valence electrons. The Bertz CT molecular complexity index is 747. The number of hydrogen-bond donors (Lipinski definition) is 0. The molecule has 0 saturated heterocycles. The van der Waals surface area contributed by atoms with Gasteiger partial charge in [-0.2, -0.15) is 0 Å². The number of hydrogen-bond acceptors (Lipinski definition) is 3. The van der Waals surface area contributed by atoms with E-state index in [0.717, 1.165) is 28.2 Å². The second-order valence-corrected chi connectivity index (χ2v) is 8.05. The third-order valence-corrected chi connectivity index (χ3v) is 4.65. The van der Waals surface area contributed by atoms with Gasteiger partial charge in [-0.05, 0) is 35.3 Å². The van der Waals surface area contributed by atoms with Gasteiger partial charge in [-0.25, -0.2) is 0 Å². The Hall–Kier alpha value is -1.68. The van der Waals surface area contributed by atoms with Gasteiger partial charge in [0, 0.05) is 10.8 Å². The Morgan fingerprint density at radius 1 is 1.18 bits per heavy atom. The maximum atomic E-state index is 6.04. The summed E-state index contributed by atoms with van der Waals surface area (Å²) < 4.78 is 17.5. The highest BCUT2D eigenvalue weighted by molar-refractivity contribution is 6.00. The summed E-state index contributed by atoms with van der Waals surface area (Å²) in [6.07, 6.45) is 0. The molecule has 1 aromatic heterocycles. The molecule has 0 atom stereocenters. The number of benzene rings is 1. The summed E-state index contributed by atoms with van der Waals surface area (Å²) in [5.41, 5.74) is 2.25. The van der Waals surface area contributed by atoms with E-state index in [1.807, 2.05) is 18.2 Å². The van der Waals surface area contributed by atoms with E-state index in [1.165, 1.54) is 5.57 Å². The van der Waals surface area contributed by atoms with Crippen molar-refractivity contribution in [3.63, 3.8) is 0 Å². The average Bonchev–Trinajstić information content (AvgIpc) is 2.96. The van der Waals surface area contributed by atoms with Crippen molar-refractivity contribution in [1.82, 2.24) is 0 Å². The lowest BCUT2D eigenvalue weighted by Crippen LogP contribution is -2.24. The van der Waals surface area contributed by atoms with E-state index in [4.69, 9.17) is 13.6 Å². The van der Waals surface area contributed by atoms with E-state index >= 15 is 0 Å². The Balaban J connectivity index is 2.17. The summed E-state index contributed by atoms with van der Waals surface area (Å²) in [6, 6.07) is 7.99. The molecule has 0 saturated carbocycles. The highest BCUT2D eigenvalue weighted by atomic mass is 28.2. The van der Waals surface area contributed by atoms with Crippen LogP contribution in [0.2, 0.25) is 0 Å². The summed E-state index contributed by atoms with van der Waals surface area (Å²) in [5.74, 6) is 2.61. The number of rotatable bonds is 2. The molecule has 0 unspecified atom stereocenters. The lowest BCUT2D eigenvalue weighted by Gasteiger charge is -2.30. The number of furan rings is 1. The van der Waals surface area contributed by atoms with Crippen LogP contribution in [0.15, 0.2) is 34.3 Å². The standard InChI is InChI=1S/C18H24O3Si/c1-17(2,3)16-15(19-10-18(16,4)5)14-9-11-8-12(21-22)6-7-13(11)20-14/h6-9H,10H2,1-5,22H3. The number of fused-ring (bicyclic) bond motifs is 1. The molecular formula is C18H24O3Si. The first-order chi connectivity index (χ1) is 10.2. The van der Waals surface area contributed by atoms with Gasteiger partial charge in [0.15, 0.2) is 11.5 Å². The topological polar surface area (TPSA) is 31.6 Å². The predicted octanol–water partition coefficient (Wildman–Crippen LogP) is 3.91. The zero-order chi connectivity index (χ0) is 16.1. The first-order valence-electron chi connectivity index (χ1n) is 7.68. The summed E-state index contributed by atoms with van der Waals surface area (Å²) in [5, 5.41) is 1.05. The fraction of sp³-hybridized carbons (Fsp3) is 0.444. The molecule has 0 fully saturated rings. The molecule has 0 spiro atoms. The minimum Gasteiger partial charge on any atom is -0.553 e. The SMILES string of the molecule is CC(C)(C)C1=C(c2cc3cc(O[SiH3])ccc3o2)OCC1(C)C. The Morgan fingerprint density at radius 2 is 1.91 bits per heavy atom. The monoisotopic (exact) mass is 316 g/mol. The van der Waals surface area contributed by atoms with Gasteiger partial charge in [0.1, 0.15) is 11.3 Å². The number of ether oxygens (including phenoxy) is 1. The third-order valence-electron chi connectivity index (χ3n) is 4.18. The van der Waals surface area contributed by atoms with E-state index in [9.17, 15) is 0 Å². The van der Waals surface area contributed by atoms with Crippen LogP contribution in [0.5, 0.6) is 5.75 Å². The maximum absolute atomic E-state index is 6.04. The molecule has 0 radical (unpaired) electrons. The predicted molar refractivity (Wildman–Crippen MR) is 92.9 cm³/mol. The molecule has 0 aliphatic carbocycles. The van der Waals surface area contributed by atoms with Gasteiger partial charge in [-0.1, -0.05) is 34.6 Å². The normalized spacial score (nSPS) is 18.0. The van der Waals surface area contributed by atoms with Crippen molar-refractivity contribution in [1.29, 1.82) is 0 Å². The van der Waals surface area contributed by atoms with Gasteiger partial charge >= 0.3 is 0 Å². The lowest BCUT2D eigenvalue weighted by atomic mass is 9.71. The highest BCUT2D eigenvalue weighted by Gasteiger charge is 2.42. The third kappa shape index (κ3) is 2.45. The van der Waals surface area contributed by atoms with Crippen LogP contribution in [0, 0.1) is 10.8 Å². The summed E-state index contributed by atoms with van der Waals surface area (Å²) in [7, 11) is 0.686. The van der Waals surface area contributed by atoms with Crippen LogP contribution in [0.3, 0.4) is 0 Å². The van der Waals surface area contributed by atoms with Crippen LogP contribution < -0.4 is 4.43 Å². The molecule has 0 bridgehead atoms. The quantitative estimate of drug-likeness (QED) is 0.787. The largest absolute Gasteiger partial charge is 0.553 e. The van der Waals surface area contributed by atoms with Gasteiger partial charge in [-0.15, -0.1) is 0 Å². The van der Waals surface area contributed by atoms with Crippen molar-refractivity contribution in [2.45, 2.75) is 34.6 Å². The zero-order valence-corrected chi connectivity index (χ0v) is 16.2. The van der Waals surface area contributed by atoms with Crippen LogP contribution in [0.1, 0.15) is 40.4 Å². The van der Waals surface area contributed by atoms with Crippen molar-refractivity contribution in [2.75, 3.05) is 6.61 Å². The van der Waals surface area contributed by atoms with Gasteiger partial charge in [0.2, 0.25) is 10.5 Å². The molecule has 4 heteroatoms. The smallest absolute Gasteiger partial charge is 0.204 e. The molecular weight excluding hydrogens is 292 g/mol. The molecule has 3 nitrogen and oxygen atoms in total. The molecule has 2 heterocycles. The van der Waals surface area contributed by atoms with Crippen molar-refractivity contribution in [3.8, 4) is 5.75 Å².